The van der Waals surface area contributed by atoms with Crippen LogP contribution in [0.15, 0.2) is 30.3 Å². The fourth-order valence-electron chi connectivity index (χ4n) is 1.73. The zero-order valence-electron chi connectivity index (χ0n) is 11.1. The van der Waals surface area contributed by atoms with E-state index >= 15 is 0 Å². The molecule has 0 saturated carbocycles. The minimum Gasteiger partial charge on any atom is -0.394 e. The largest absolute Gasteiger partial charge is 0.394 e. The van der Waals surface area contributed by atoms with E-state index in [2.05, 4.69) is 24.1 Å². The van der Waals surface area contributed by atoms with Crippen LogP contribution in [-0.4, -0.2) is 50.0 Å². The summed E-state index contributed by atoms with van der Waals surface area (Å²) >= 11 is 0. The Kier molecular flexibility index (Phi) is 7.60. The molecule has 0 aliphatic rings. The summed E-state index contributed by atoms with van der Waals surface area (Å²) in [5.74, 6) is 0. The molecule has 1 rings (SSSR count). The lowest BCUT2D eigenvalue weighted by atomic mass is 10.0. The zero-order valence-corrected chi connectivity index (χ0v) is 11.1. The Labute approximate surface area is 109 Å². The fraction of sp³-hybridized carbons (Fsp3) is 0.571. The quantitative estimate of drug-likeness (QED) is 0.644. The molecule has 1 unspecified atom stereocenters. The van der Waals surface area contributed by atoms with Gasteiger partial charge in [0.1, 0.15) is 0 Å². The van der Waals surface area contributed by atoms with Crippen LogP contribution < -0.4 is 5.73 Å². The number of hydrogen-bond acceptors (Lipinski definition) is 4. The lowest BCUT2D eigenvalue weighted by molar-refractivity contribution is 0.0779. The van der Waals surface area contributed by atoms with Gasteiger partial charge in [-0.1, -0.05) is 30.3 Å². The third-order valence-corrected chi connectivity index (χ3v) is 2.90. The van der Waals surface area contributed by atoms with Gasteiger partial charge >= 0.3 is 0 Å². The van der Waals surface area contributed by atoms with Gasteiger partial charge in [-0.2, -0.15) is 0 Å². The van der Waals surface area contributed by atoms with Crippen LogP contribution in [0.3, 0.4) is 0 Å². The van der Waals surface area contributed by atoms with Crippen LogP contribution in [0.2, 0.25) is 0 Å². The van der Waals surface area contributed by atoms with Gasteiger partial charge in [0.05, 0.1) is 19.8 Å². The molecule has 0 heterocycles. The van der Waals surface area contributed by atoms with E-state index in [1.54, 1.807) is 0 Å². The number of aliphatic hydroxyl groups is 1. The van der Waals surface area contributed by atoms with E-state index in [-0.39, 0.29) is 12.6 Å². The monoisotopic (exact) mass is 252 g/mol. The van der Waals surface area contributed by atoms with E-state index in [0.29, 0.717) is 13.2 Å². The molecule has 0 amide bonds. The van der Waals surface area contributed by atoms with E-state index in [4.69, 9.17) is 15.6 Å². The van der Waals surface area contributed by atoms with Crippen molar-refractivity contribution >= 4 is 0 Å². The average molecular weight is 252 g/mol. The smallest absolute Gasteiger partial charge is 0.0698 e. The molecule has 1 aromatic rings. The number of likely N-dealkylation sites (N-methyl/N-ethyl adjacent to an activating group) is 1. The molecule has 0 aliphatic carbocycles. The lowest BCUT2D eigenvalue weighted by Crippen LogP contribution is -2.27. The van der Waals surface area contributed by atoms with Gasteiger partial charge in [-0.3, -0.25) is 0 Å². The number of nitrogens with two attached hydrogens (primary N) is 1. The third kappa shape index (κ3) is 6.12. The highest BCUT2D eigenvalue weighted by Gasteiger charge is 2.06. The molecular formula is C14H24N2O2. The first-order valence-electron chi connectivity index (χ1n) is 6.41. The Bertz CT molecular complexity index is 306. The van der Waals surface area contributed by atoms with Crippen molar-refractivity contribution in [1.29, 1.82) is 0 Å². The number of hydrogen-bond donors (Lipinski definition) is 2. The molecule has 0 bridgehead atoms. The fourth-order valence-corrected chi connectivity index (χ4v) is 1.73. The predicted molar refractivity (Wildman–Crippen MR) is 73.4 cm³/mol. The minimum absolute atomic E-state index is 0.0859. The van der Waals surface area contributed by atoms with E-state index in [1.807, 2.05) is 18.2 Å². The number of benzene rings is 1. The molecule has 4 heteroatoms. The summed E-state index contributed by atoms with van der Waals surface area (Å²) in [7, 11) is 2.06. The Balaban J connectivity index is 2.16. The van der Waals surface area contributed by atoms with Gasteiger partial charge in [0, 0.05) is 12.6 Å². The summed E-state index contributed by atoms with van der Waals surface area (Å²) in [6.45, 7) is 2.96. The number of nitrogens with zero attached hydrogens (tertiary/aromatic N) is 1. The highest BCUT2D eigenvalue weighted by atomic mass is 16.5. The van der Waals surface area contributed by atoms with E-state index in [1.165, 1.54) is 5.56 Å². The van der Waals surface area contributed by atoms with Crippen molar-refractivity contribution in [1.82, 2.24) is 4.90 Å². The number of ether oxygens (including phenoxy) is 1. The summed E-state index contributed by atoms with van der Waals surface area (Å²) in [6.07, 6.45) is 0.931. The molecule has 4 nitrogen and oxygen atoms in total. The molecule has 1 atom stereocenters. The van der Waals surface area contributed by atoms with Crippen molar-refractivity contribution < 1.29 is 9.84 Å². The normalized spacial score (nSPS) is 12.9. The number of rotatable bonds is 9. The maximum absolute atomic E-state index is 8.58. The van der Waals surface area contributed by atoms with Gasteiger partial charge in [0.25, 0.3) is 0 Å². The summed E-state index contributed by atoms with van der Waals surface area (Å²) in [5.41, 5.74) is 7.31. The second kappa shape index (κ2) is 9.05. The first-order valence-corrected chi connectivity index (χ1v) is 6.41. The van der Waals surface area contributed by atoms with Crippen LogP contribution >= 0.6 is 0 Å². The third-order valence-electron chi connectivity index (χ3n) is 2.90. The van der Waals surface area contributed by atoms with Gasteiger partial charge < -0.3 is 20.5 Å². The van der Waals surface area contributed by atoms with E-state index in [0.717, 1.165) is 19.5 Å². The Morgan fingerprint density at radius 2 is 1.94 bits per heavy atom. The van der Waals surface area contributed by atoms with Crippen LogP contribution in [0.25, 0.3) is 0 Å². The molecule has 3 N–H and O–H groups in total. The molecule has 0 aromatic heterocycles. The maximum Gasteiger partial charge on any atom is 0.0698 e. The van der Waals surface area contributed by atoms with Crippen molar-refractivity contribution in [3.8, 4) is 0 Å². The zero-order chi connectivity index (χ0) is 13.2. The summed E-state index contributed by atoms with van der Waals surface area (Å²) in [5, 5.41) is 8.58. The van der Waals surface area contributed by atoms with E-state index in [9.17, 15) is 0 Å². The Morgan fingerprint density at radius 1 is 1.22 bits per heavy atom. The van der Waals surface area contributed by atoms with Crippen molar-refractivity contribution in [2.45, 2.75) is 12.5 Å². The SMILES string of the molecule is CN(CCOCCO)CCC(N)c1ccccc1. The lowest BCUT2D eigenvalue weighted by Gasteiger charge is -2.19. The van der Waals surface area contributed by atoms with Crippen LogP contribution in [0.5, 0.6) is 0 Å². The number of aliphatic hydroxyl groups excluding tert-OH is 1. The molecule has 0 radical (unpaired) electrons. The maximum atomic E-state index is 8.58. The first kappa shape index (κ1) is 15.1. The minimum atomic E-state index is 0.0859. The highest BCUT2D eigenvalue weighted by molar-refractivity contribution is 5.18. The summed E-state index contributed by atoms with van der Waals surface area (Å²) in [4.78, 5) is 2.19. The topological polar surface area (TPSA) is 58.7 Å². The van der Waals surface area contributed by atoms with Gasteiger partial charge in [-0.15, -0.1) is 0 Å². The van der Waals surface area contributed by atoms with Gasteiger partial charge in [0.15, 0.2) is 0 Å². The Hall–Kier alpha value is -0.940. The molecule has 0 spiro atoms. The second-order valence-corrected chi connectivity index (χ2v) is 4.45. The van der Waals surface area contributed by atoms with Crippen LogP contribution in [0.4, 0.5) is 0 Å². The van der Waals surface area contributed by atoms with Gasteiger partial charge in [-0.05, 0) is 25.6 Å². The standard InChI is InChI=1S/C14H24N2O2/c1-16(9-11-18-12-10-17)8-7-14(15)13-5-3-2-4-6-13/h2-6,14,17H,7-12,15H2,1H3. The molecule has 102 valence electrons. The van der Waals surface area contributed by atoms with Crippen LogP contribution in [0.1, 0.15) is 18.0 Å². The molecule has 18 heavy (non-hydrogen) atoms. The highest BCUT2D eigenvalue weighted by Crippen LogP contribution is 2.13. The average Bonchev–Trinajstić information content (AvgIpc) is 2.42. The van der Waals surface area contributed by atoms with Gasteiger partial charge in [-0.25, -0.2) is 0 Å². The molecule has 0 fully saturated rings. The van der Waals surface area contributed by atoms with Crippen molar-refractivity contribution in [2.24, 2.45) is 5.73 Å². The molecule has 0 saturated heterocycles. The molecule has 0 aliphatic heterocycles. The molecular weight excluding hydrogens is 228 g/mol. The van der Waals surface area contributed by atoms with Crippen LogP contribution in [-0.2, 0) is 4.74 Å². The molecule has 1 aromatic carbocycles. The van der Waals surface area contributed by atoms with Crippen molar-refractivity contribution in [3.05, 3.63) is 35.9 Å². The second-order valence-electron chi connectivity index (χ2n) is 4.45. The first-order chi connectivity index (χ1) is 8.74. The Morgan fingerprint density at radius 3 is 2.61 bits per heavy atom. The predicted octanol–water partition coefficient (Wildman–Crippen LogP) is 1.02. The van der Waals surface area contributed by atoms with Crippen molar-refractivity contribution in [2.75, 3.05) is 40.0 Å². The summed E-state index contributed by atoms with van der Waals surface area (Å²) < 4.78 is 5.22. The summed E-state index contributed by atoms with van der Waals surface area (Å²) in [6, 6.07) is 10.3. The van der Waals surface area contributed by atoms with Crippen molar-refractivity contribution in [3.63, 3.8) is 0 Å². The van der Waals surface area contributed by atoms with Crippen LogP contribution in [0, 0.1) is 0 Å². The van der Waals surface area contributed by atoms with Gasteiger partial charge in [0.2, 0.25) is 0 Å². The van der Waals surface area contributed by atoms with E-state index < -0.39 is 0 Å².